The van der Waals surface area contributed by atoms with Crippen LogP contribution in [-0.2, 0) is 4.79 Å². The van der Waals surface area contributed by atoms with Gasteiger partial charge in [0.2, 0.25) is 0 Å². The molecule has 90 valence electrons. The van der Waals surface area contributed by atoms with Crippen molar-refractivity contribution < 1.29 is 9.90 Å². The van der Waals surface area contributed by atoms with E-state index in [1.165, 1.54) is 0 Å². The van der Waals surface area contributed by atoms with Crippen LogP contribution in [0.5, 0.6) is 0 Å². The monoisotopic (exact) mass is 214 g/mol. The molecule has 2 heteroatoms. The molecule has 0 rings (SSSR count). The number of hydrogen-bond acceptors (Lipinski definition) is 2. The molecule has 0 fully saturated rings. The van der Waals surface area contributed by atoms with E-state index >= 15 is 0 Å². The van der Waals surface area contributed by atoms with Gasteiger partial charge in [0.05, 0.1) is 5.60 Å². The van der Waals surface area contributed by atoms with Crippen molar-refractivity contribution in [1.82, 2.24) is 0 Å². The second-order valence-electron chi connectivity index (χ2n) is 4.86. The molecule has 3 atom stereocenters. The zero-order chi connectivity index (χ0) is 12.2. The van der Waals surface area contributed by atoms with Gasteiger partial charge in [-0.1, -0.05) is 34.6 Å². The Bertz CT molecular complexity index is 207. The maximum absolute atomic E-state index is 11.3. The van der Waals surface area contributed by atoms with Crippen molar-refractivity contribution in [3.8, 4) is 0 Å². The number of carbonyl (C=O) groups excluding carboxylic acids is 1. The Hall–Kier alpha value is -0.370. The third-order valence-corrected chi connectivity index (χ3v) is 4.29. The van der Waals surface area contributed by atoms with E-state index in [0.717, 1.165) is 12.8 Å². The smallest absolute Gasteiger partial charge is 0.132 e. The Morgan fingerprint density at radius 2 is 1.60 bits per heavy atom. The molecule has 0 bridgehead atoms. The summed E-state index contributed by atoms with van der Waals surface area (Å²) in [6.07, 6.45) is 1.50. The van der Waals surface area contributed by atoms with Gasteiger partial charge in [-0.25, -0.2) is 0 Å². The van der Waals surface area contributed by atoms with Gasteiger partial charge in [-0.3, -0.25) is 4.79 Å². The zero-order valence-electron chi connectivity index (χ0n) is 11.0. The largest absolute Gasteiger partial charge is 0.390 e. The first-order valence-corrected chi connectivity index (χ1v) is 6.03. The molecule has 0 amide bonds. The second-order valence-corrected chi connectivity index (χ2v) is 4.86. The molecule has 0 aliphatic rings. The van der Waals surface area contributed by atoms with Gasteiger partial charge in [0.15, 0.2) is 0 Å². The van der Waals surface area contributed by atoms with Crippen LogP contribution in [0.25, 0.3) is 0 Å². The van der Waals surface area contributed by atoms with Crippen molar-refractivity contribution in [2.45, 2.75) is 60.0 Å². The van der Waals surface area contributed by atoms with Gasteiger partial charge in [-0.15, -0.1) is 0 Å². The molecule has 0 aromatic heterocycles. The first-order valence-electron chi connectivity index (χ1n) is 6.03. The van der Waals surface area contributed by atoms with E-state index in [-0.39, 0.29) is 23.5 Å². The predicted octanol–water partition coefficient (Wildman–Crippen LogP) is 3.03. The number of hydrogen-bond donors (Lipinski definition) is 1. The van der Waals surface area contributed by atoms with Gasteiger partial charge in [0.25, 0.3) is 0 Å². The molecule has 0 saturated carbocycles. The van der Waals surface area contributed by atoms with Crippen LogP contribution in [-0.4, -0.2) is 16.5 Å². The average Bonchev–Trinajstić information content (AvgIpc) is 2.24. The van der Waals surface area contributed by atoms with Crippen molar-refractivity contribution >= 4 is 5.78 Å². The quantitative estimate of drug-likeness (QED) is 0.738. The van der Waals surface area contributed by atoms with Crippen molar-refractivity contribution in [2.75, 3.05) is 0 Å². The van der Waals surface area contributed by atoms with E-state index in [2.05, 4.69) is 13.8 Å². The highest BCUT2D eigenvalue weighted by Crippen LogP contribution is 2.34. The van der Waals surface area contributed by atoms with Crippen LogP contribution >= 0.6 is 0 Å². The summed E-state index contributed by atoms with van der Waals surface area (Å²) in [6, 6.07) is 0. The van der Waals surface area contributed by atoms with Gasteiger partial charge in [0.1, 0.15) is 5.78 Å². The molecule has 0 saturated heterocycles. The molecule has 0 aromatic carbocycles. The molecule has 1 N–H and O–H groups in total. The molecule has 0 spiro atoms. The minimum Gasteiger partial charge on any atom is -0.390 e. The van der Waals surface area contributed by atoms with E-state index < -0.39 is 5.60 Å². The van der Waals surface area contributed by atoms with Gasteiger partial charge in [-0.2, -0.15) is 0 Å². The molecule has 2 nitrogen and oxygen atoms in total. The van der Waals surface area contributed by atoms with Gasteiger partial charge in [-0.05, 0) is 31.6 Å². The zero-order valence-corrected chi connectivity index (χ0v) is 11.0. The first-order chi connectivity index (χ1) is 6.80. The fourth-order valence-corrected chi connectivity index (χ4v) is 2.19. The fourth-order valence-electron chi connectivity index (χ4n) is 2.19. The van der Waals surface area contributed by atoms with E-state index in [1.807, 2.05) is 20.8 Å². The Morgan fingerprint density at radius 1 is 1.20 bits per heavy atom. The highest BCUT2D eigenvalue weighted by Gasteiger charge is 2.36. The number of Topliss-reactive ketones (excluding diaryl/α,β-unsaturated/α-hetero) is 1. The molecule has 0 aliphatic heterocycles. The molecule has 0 radical (unpaired) electrons. The van der Waals surface area contributed by atoms with Crippen molar-refractivity contribution in [3.05, 3.63) is 0 Å². The topological polar surface area (TPSA) is 37.3 Å². The van der Waals surface area contributed by atoms with Crippen LogP contribution in [0, 0.1) is 17.8 Å². The molecular weight excluding hydrogens is 188 g/mol. The third kappa shape index (κ3) is 3.30. The van der Waals surface area contributed by atoms with Gasteiger partial charge in [0, 0.05) is 5.92 Å². The molecule has 0 aromatic rings. The highest BCUT2D eigenvalue weighted by atomic mass is 16.3. The van der Waals surface area contributed by atoms with E-state index in [1.54, 1.807) is 6.92 Å². The minimum absolute atomic E-state index is 0.0321. The molecule has 0 heterocycles. The Balaban J connectivity index is 4.68. The van der Waals surface area contributed by atoms with Crippen LogP contribution in [0.15, 0.2) is 0 Å². The summed E-state index contributed by atoms with van der Waals surface area (Å²) in [5, 5.41) is 10.4. The van der Waals surface area contributed by atoms with E-state index in [9.17, 15) is 9.90 Å². The molecular formula is C13H26O2. The summed E-state index contributed by atoms with van der Waals surface area (Å²) in [5.74, 6) is 0.632. The average molecular weight is 214 g/mol. The Labute approximate surface area is 94.1 Å². The summed E-state index contributed by atoms with van der Waals surface area (Å²) in [7, 11) is 0. The maximum Gasteiger partial charge on any atom is 0.132 e. The van der Waals surface area contributed by atoms with Crippen molar-refractivity contribution in [2.24, 2.45) is 17.8 Å². The number of carbonyl (C=O) groups is 1. The summed E-state index contributed by atoms with van der Waals surface area (Å²) < 4.78 is 0. The number of aliphatic hydroxyl groups is 1. The Morgan fingerprint density at radius 3 is 1.87 bits per heavy atom. The van der Waals surface area contributed by atoms with Crippen LogP contribution in [0.3, 0.4) is 0 Å². The van der Waals surface area contributed by atoms with Crippen molar-refractivity contribution in [1.29, 1.82) is 0 Å². The van der Waals surface area contributed by atoms with Crippen LogP contribution in [0.1, 0.15) is 54.4 Å². The Kier molecular flexibility index (Phi) is 5.50. The molecule has 15 heavy (non-hydrogen) atoms. The predicted molar refractivity (Wildman–Crippen MR) is 63.7 cm³/mol. The van der Waals surface area contributed by atoms with Crippen molar-refractivity contribution in [3.63, 3.8) is 0 Å². The SMILES string of the molecule is CCC(O)(CC)[C@@H](C)[C@H](C)[C@@H](C)C(C)=O. The lowest BCUT2D eigenvalue weighted by atomic mass is 9.72. The van der Waals surface area contributed by atoms with Crippen LogP contribution < -0.4 is 0 Å². The minimum atomic E-state index is -0.622. The van der Waals surface area contributed by atoms with Gasteiger partial charge >= 0.3 is 0 Å². The lowest BCUT2D eigenvalue weighted by molar-refractivity contribution is -0.124. The summed E-state index contributed by atoms with van der Waals surface area (Å²) in [4.78, 5) is 11.3. The molecule has 0 aliphatic carbocycles. The number of rotatable bonds is 6. The first kappa shape index (κ1) is 14.6. The highest BCUT2D eigenvalue weighted by molar-refractivity contribution is 5.78. The van der Waals surface area contributed by atoms with Crippen LogP contribution in [0.2, 0.25) is 0 Å². The fraction of sp³-hybridized carbons (Fsp3) is 0.923. The summed E-state index contributed by atoms with van der Waals surface area (Å²) in [5.41, 5.74) is -0.622. The van der Waals surface area contributed by atoms with Crippen LogP contribution in [0.4, 0.5) is 0 Å². The number of ketones is 1. The normalized spacial score (nSPS) is 18.3. The standard InChI is InChI=1S/C13H26O2/c1-7-13(15,8-2)11(5)9(3)10(4)12(6)14/h9-11,15H,7-8H2,1-6H3/t9-,10-,11+/m1/s1. The van der Waals surface area contributed by atoms with E-state index in [0.29, 0.717) is 0 Å². The summed E-state index contributed by atoms with van der Waals surface area (Å²) in [6.45, 7) is 11.7. The lowest BCUT2D eigenvalue weighted by Crippen LogP contribution is -2.41. The van der Waals surface area contributed by atoms with Gasteiger partial charge < -0.3 is 5.11 Å². The second kappa shape index (κ2) is 5.64. The van der Waals surface area contributed by atoms with E-state index in [4.69, 9.17) is 0 Å². The molecule has 0 unspecified atom stereocenters. The lowest BCUT2D eigenvalue weighted by Gasteiger charge is -2.38. The maximum atomic E-state index is 11.3. The third-order valence-electron chi connectivity index (χ3n) is 4.29. The summed E-state index contributed by atoms with van der Waals surface area (Å²) >= 11 is 0.